The summed E-state index contributed by atoms with van der Waals surface area (Å²) in [4.78, 5) is 23.5. The Labute approximate surface area is 197 Å². The second-order valence-corrected chi connectivity index (χ2v) is 9.56. The van der Waals surface area contributed by atoms with E-state index in [4.69, 9.17) is 18.9 Å². The van der Waals surface area contributed by atoms with Gasteiger partial charge in [0.05, 0.1) is 19.8 Å². The first-order chi connectivity index (χ1) is 15.3. The van der Waals surface area contributed by atoms with Gasteiger partial charge in [0.25, 0.3) is 0 Å². The van der Waals surface area contributed by atoms with Gasteiger partial charge in [0.2, 0.25) is 0 Å². The molecule has 0 heterocycles. The maximum atomic E-state index is 11.8. The Morgan fingerprint density at radius 3 is 1.66 bits per heavy atom. The van der Waals surface area contributed by atoms with Crippen LogP contribution >= 0.6 is 0 Å². The Kier molecular flexibility index (Phi) is 20.4. The highest BCUT2D eigenvalue weighted by molar-refractivity contribution is 5.60. The molecular formula is C26H50O6. The fraction of sp³-hybridized carbons (Fsp3) is 0.923. The quantitative estimate of drug-likeness (QED) is 0.136. The summed E-state index contributed by atoms with van der Waals surface area (Å²) < 4.78 is 20.7. The molecule has 190 valence electrons. The van der Waals surface area contributed by atoms with Gasteiger partial charge in [-0.1, -0.05) is 92.4 Å². The van der Waals surface area contributed by atoms with Gasteiger partial charge in [-0.3, -0.25) is 0 Å². The molecule has 0 aliphatic heterocycles. The minimum Gasteiger partial charge on any atom is -0.434 e. The van der Waals surface area contributed by atoms with Crippen LogP contribution in [-0.2, 0) is 18.9 Å². The standard InChI is InChI=1S/C26H50O6/c1-6-15-24(32-26(28)31-20-17-23(4)5)18-21-30-25(27)29-19-14-12-10-8-7-9-11-13-16-22(2)3/h22-24H,6-21H2,1-5H3. The monoisotopic (exact) mass is 458 g/mol. The van der Waals surface area contributed by atoms with Crippen LogP contribution in [0.4, 0.5) is 9.59 Å². The van der Waals surface area contributed by atoms with Crippen LogP contribution < -0.4 is 0 Å². The van der Waals surface area contributed by atoms with Gasteiger partial charge in [-0.2, -0.15) is 0 Å². The molecule has 0 saturated heterocycles. The fourth-order valence-corrected chi connectivity index (χ4v) is 3.32. The molecule has 0 N–H and O–H groups in total. The largest absolute Gasteiger partial charge is 0.508 e. The van der Waals surface area contributed by atoms with Crippen molar-refractivity contribution in [1.82, 2.24) is 0 Å². The normalized spacial score (nSPS) is 12.1. The molecule has 0 aromatic rings. The Balaban J connectivity index is 3.66. The van der Waals surface area contributed by atoms with Crippen molar-refractivity contribution in [3.8, 4) is 0 Å². The zero-order chi connectivity index (χ0) is 24.0. The van der Waals surface area contributed by atoms with E-state index in [0.717, 1.165) is 31.6 Å². The molecule has 32 heavy (non-hydrogen) atoms. The maximum Gasteiger partial charge on any atom is 0.508 e. The summed E-state index contributed by atoms with van der Waals surface area (Å²) in [6.07, 6.45) is 12.2. The number of carbonyl (C=O) groups excluding carboxylic acids is 2. The lowest BCUT2D eigenvalue weighted by molar-refractivity contribution is 0.00320. The zero-order valence-corrected chi connectivity index (χ0v) is 21.5. The van der Waals surface area contributed by atoms with Crippen molar-refractivity contribution in [3.05, 3.63) is 0 Å². The van der Waals surface area contributed by atoms with Crippen LogP contribution in [0.3, 0.4) is 0 Å². The van der Waals surface area contributed by atoms with Gasteiger partial charge in [-0.05, 0) is 31.1 Å². The molecule has 0 fully saturated rings. The summed E-state index contributed by atoms with van der Waals surface area (Å²) in [6.45, 7) is 11.6. The van der Waals surface area contributed by atoms with Crippen molar-refractivity contribution in [2.75, 3.05) is 19.8 Å². The van der Waals surface area contributed by atoms with Gasteiger partial charge in [0.15, 0.2) is 0 Å². The van der Waals surface area contributed by atoms with Crippen LogP contribution in [0.15, 0.2) is 0 Å². The predicted octanol–water partition coefficient (Wildman–Crippen LogP) is 8.06. The molecule has 0 amide bonds. The molecule has 1 atom stereocenters. The van der Waals surface area contributed by atoms with Crippen LogP contribution in [0.2, 0.25) is 0 Å². The fourth-order valence-electron chi connectivity index (χ4n) is 3.32. The number of rotatable bonds is 20. The van der Waals surface area contributed by atoms with Crippen LogP contribution in [0.25, 0.3) is 0 Å². The molecule has 0 spiro atoms. The summed E-state index contributed by atoms with van der Waals surface area (Å²) in [5, 5.41) is 0. The third kappa shape index (κ3) is 21.8. The first-order valence-corrected chi connectivity index (χ1v) is 13.0. The van der Waals surface area contributed by atoms with Crippen molar-refractivity contribution < 1.29 is 28.5 Å². The Morgan fingerprint density at radius 1 is 0.562 bits per heavy atom. The molecule has 0 bridgehead atoms. The van der Waals surface area contributed by atoms with Crippen molar-refractivity contribution in [3.63, 3.8) is 0 Å². The lowest BCUT2D eigenvalue weighted by Crippen LogP contribution is -2.22. The Bertz CT molecular complexity index is 450. The Morgan fingerprint density at radius 2 is 1.06 bits per heavy atom. The maximum absolute atomic E-state index is 11.8. The molecule has 0 radical (unpaired) electrons. The van der Waals surface area contributed by atoms with Gasteiger partial charge >= 0.3 is 12.3 Å². The average Bonchev–Trinajstić information content (AvgIpc) is 2.71. The van der Waals surface area contributed by atoms with Crippen LogP contribution in [-0.4, -0.2) is 38.2 Å². The zero-order valence-electron chi connectivity index (χ0n) is 21.5. The first-order valence-electron chi connectivity index (χ1n) is 13.0. The minimum absolute atomic E-state index is 0.166. The highest BCUT2D eigenvalue weighted by atomic mass is 16.7. The molecule has 0 rings (SSSR count). The van der Waals surface area contributed by atoms with Crippen molar-refractivity contribution in [1.29, 1.82) is 0 Å². The van der Waals surface area contributed by atoms with Crippen LogP contribution in [0, 0.1) is 11.8 Å². The molecule has 0 aromatic carbocycles. The smallest absolute Gasteiger partial charge is 0.434 e. The summed E-state index contributed by atoms with van der Waals surface area (Å²) in [5.41, 5.74) is 0. The van der Waals surface area contributed by atoms with E-state index in [-0.39, 0.29) is 12.7 Å². The van der Waals surface area contributed by atoms with E-state index in [0.29, 0.717) is 32.0 Å². The lowest BCUT2D eigenvalue weighted by Gasteiger charge is -2.17. The summed E-state index contributed by atoms with van der Waals surface area (Å²) in [5.74, 6) is 1.29. The van der Waals surface area contributed by atoms with E-state index in [1.807, 2.05) is 6.92 Å². The highest BCUT2D eigenvalue weighted by Gasteiger charge is 2.16. The number of hydrogen-bond donors (Lipinski definition) is 0. The summed E-state index contributed by atoms with van der Waals surface area (Å²) >= 11 is 0. The van der Waals surface area contributed by atoms with E-state index in [2.05, 4.69) is 27.7 Å². The van der Waals surface area contributed by atoms with Gasteiger partial charge in [-0.25, -0.2) is 9.59 Å². The van der Waals surface area contributed by atoms with Crippen molar-refractivity contribution >= 4 is 12.3 Å². The third-order valence-corrected chi connectivity index (χ3v) is 5.34. The molecule has 0 aromatic heterocycles. The molecule has 0 aliphatic carbocycles. The van der Waals surface area contributed by atoms with Gasteiger partial charge in [0.1, 0.15) is 6.10 Å². The van der Waals surface area contributed by atoms with E-state index in [1.54, 1.807) is 0 Å². The molecule has 6 nitrogen and oxygen atoms in total. The van der Waals surface area contributed by atoms with Crippen LogP contribution in [0.1, 0.15) is 118 Å². The topological polar surface area (TPSA) is 71.1 Å². The highest BCUT2D eigenvalue weighted by Crippen LogP contribution is 2.13. The van der Waals surface area contributed by atoms with Gasteiger partial charge in [-0.15, -0.1) is 0 Å². The molecule has 6 heteroatoms. The average molecular weight is 459 g/mol. The Hall–Kier alpha value is -1.46. The summed E-state index contributed by atoms with van der Waals surface area (Å²) in [6, 6.07) is 0. The van der Waals surface area contributed by atoms with E-state index >= 15 is 0 Å². The predicted molar refractivity (Wildman–Crippen MR) is 129 cm³/mol. The number of hydrogen-bond acceptors (Lipinski definition) is 6. The second kappa shape index (κ2) is 21.4. The van der Waals surface area contributed by atoms with E-state index < -0.39 is 12.3 Å². The number of carbonyl (C=O) groups is 2. The number of ether oxygens (including phenoxy) is 4. The lowest BCUT2D eigenvalue weighted by atomic mass is 10.0. The van der Waals surface area contributed by atoms with Crippen LogP contribution in [0.5, 0.6) is 0 Å². The van der Waals surface area contributed by atoms with Crippen molar-refractivity contribution in [2.45, 2.75) is 124 Å². The third-order valence-electron chi connectivity index (χ3n) is 5.34. The minimum atomic E-state index is -0.651. The second-order valence-electron chi connectivity index (χ2n) is 9.56. The van der Waals surface area contributed by atoms with E-state index in [9.17, 15) is 9.59 Å². The summed E-state index contributed by atoms with van der Waals surface area (Å²) in [7, 11) is 0. The first kappa shape index (κ1) is 30.5. The molecule has 1 unspecified atom stereocenters. The number of unbranched alkanes of at least 4 members (excludes halogenated alkanes) is 7. The van der Waals surface area contributed by atoms with E-state index in [1.165, 1.54) is 44.9 Å². The molecule has 0 saturated carbocycles. The van der Waals surface area contributed by atoms with Gasteiger partial charge < -0.3 is 18.9 Å². The molecular weight excluding hydrogens is 408 g/mol. The molecule has 0 aliphatic rings. The van der Waals surface area contributed by atoms with Crippen molar-refractivity contribution in [2.24, 2.45) is 11.8 Å². The SMILES string of the molecule is CCCC(CCOC(=O)OCCCCCCCCCCC(C)C)OC(=O)OCCC(C)C. The van der Waals surface area contributed by atoms with Gasteiger partial charge in [0, 0.05) is 6.42 Å².